The summed E-state index contributed by atoms with van der Waals surface area (Å²) in [5, 5.41) is 0. The van der Waals surface area contributed by atoms with E-state index in [1.165, 1.54) is 0 Å². The molecule has 0 N–H and O–H groups in total. The first-order valence-electron chi connectivity index (χ1n) is 5.26. The zero-order chi connectivity index (χ0) is 10.7. The Morgan fingerprint density at radius 2 is 1.93 bits per heavy atom. The highest BCUT2D eigenvalue weighted by molar-refractivity contribution is 5.85. The summed E-state index contributed by atoms with van der Waals surface area (Å²) < 4.78 is 0. The average molecular weight is 197 g/mol. The summed E-state index contributed by atoms with van der Waals surface area (Å²) in [4.78, 5) is 24.4. The molecule has 0 heterocycles. The van der Waals surface area contributed by atoms with Gasteiger partial charge in [0.2, 0.25) is 5.91 Å². The Morgan fingerprint density at radius 1 is 1.36 bits per heavy atom. The molecule has 14 heavy (non-hydrogen) atoms. The van der Waals surface area contributed by atoms with Gasteiger partial charge in [0.25, 0.3) is 0 Å². The van der Waals surface area contributed by atoms with Crippen LogP contribution in [0.5, 0.6) is 0 Å². The Labute approximate surface area is 85.5 Å². The standard InChI is InChI=1S/C11H19NO2/c1-8(11(14)9-5-6-9)4-7-10(13)12(2)3/h8-9H,4-7H2,1-3H3. The van der Waals surface area contributed by atoms with Gasteiger partial charge in [-0.05, 0) is 19.3 Å². The van der Waals surface area contributed by atoms with Gasteiger partial charge in [0, 0.05) is 32.4 Å². The molecule has 1 unspecified atom stereocenters. The molecule has 1 amide bonds. The van der Waals surface area contributed by atoms with E-state index in [4.69, 9.17) is 0 Å². The van der Waals surface area contributed by atoms with Gasteiger partial charge < -0.3 is 4.90 Å². The molecule has 0 aliphatic heterocycles. The number of amides is 1. The highest BCUT2D eigenvalue weighted by Gasteiger charge is 2.32. The maximum atomic E-state index is 11.6. The summed E-state index contributed by atoms with van der Waals surface area (Å²) in [5.41, 5.74) is 0. The van der Waals surface area contributed by atoms with E-state index >= 15 is 0 Å². The third kappa shape index (κ3) is 3.13. The molecule has 0 spiro atoms. The van der Waals surface area contributed by atoms with E-state index in [-0.39, 0.29) is 11.8 Å². The van der Waals surface area contributed by atoms with Gasteiger partial charge in [0.05, 0.1) is 0 Å². The second-order valence-corrected chi connectivity index (χ2v) is 4.40. The molecule has 0 bridgehead atoms. The van der Waals surface area contributed by atoms with Gasteiger partial charge in [-0.15, -0.1) is 0 Å². The molecule has 1 fully saturated rings. The fourth-order valence-electron chi connectivity index (χ4n) is 1.48. The molecule has 1 saturated carbocycles. The van der Waals surface area contributed by atoms with Crippen molar-refractivity contribution < 1.29 is 9.59 Å². The number of ketones is 1. The molecule has 0 radical (unpaired) electrons. The van der Waals surface area contributed by atoms with Crippen molar-refractivity contribution in [1.29, 1.82) is 0 Å². The van der Waals surface area contributed by atoms with Crippen LogP contribution in [0.2, 0.25) is 0 Å². The van der Waals surface area contributed by atoms with Crippen LogP contribution >= 0.6 is 0 Å². The SMILES string of the molecule is CC(CCC(=O)N(C)C)C(=O)C1CC1. The molecule has 1 aliphatic carbocycles. The number of Topliss-reactive ketones (excluding diaryl/α,β-unsaturated/α-hetero) is 1. The van der Waals surface area contributed by atoms with Crippen molar-refractivity contribution >= 4 is 11.7 Å². The van der Waals surface area contributed by atoms with Gasteiger partial charge in [-0.25, -0.2) is 0 Å². The minimum atomic E-state index is 0.0615. The minimum Gasteiger partial charge on any atom is -0.349 e. The zero-order valence-electron chi connectivity index (χ0n) is 9.25. The molecule has 3 heteroatoms. The van der Waals surface area contributed by atoms with Gasteiger partial charge in [0.1, 0.15) is 5.78 Å². The predicted molar refractivity (Wildman–Crippen MR) is 54.8 cm³/mol. The highest BCUT2D eigenvalue weighted by atomic mass is 16.2. The lowest BCUT2D eigenvalue weighted by Gasteiger charge is -2.12. The van der Waals surface area contributed by atoms with Crippen LogP contribution in [0.15, 0.2) is 0 Å². The molecule has 1 rings (SSSR count). The lowest BCUT2D eigenvalue weighted by Crippen LogP contribution is -2.23. The number of carbonyl (C=O) groups excluding carboxylic acids is 2. The van der Waals surface area contributed by atoms with Crippen molar-refractivity contribution in [2.45, 2.75) is 32.6 Å². The molecule has 0 aromatic rings. The maximum absolute atomic E-state index is 11.6. The molecular formula is C11H19NO2. The van der Waals surface area contributed by atoms with Crippen molar-refractivity contribution in [3.05, 3.63) is 0 Å². The first kappa shape index (κ1) is 11.2. The average Bonchev–Trinajstić information content (AvgIpc) is 2.95. The fourth-order valence-corrected chi connectivity index (χ4v) is 1.48. The van der Waals surface area contributed by atoms with E-state index in [2.05, 4.69) is 0 Å². The lowest BCUT2D eigenvalue weighted by molar-refractivity contribution is -0.129. The first-order valence-corrected chi connectivity index (χ1v) is 5.26. The normalized spacial score (nSPS) is 17.6. The Morgan fingerprint density at radius 3 is 2.36 bits per heavy atom. The Kier molecular flexibility index (Phi) is 3.67. The van der Waals surface area contributed by atoms with Crippen molar-refractivity contribution in [3.8, 4) is 0 Å². The van der Waals surface area contributed by atoms with Crippen LogP contribution in [0.4, 0.5) is 0 Å². The number of rotatable bonds is 5. The molecule has 0 aromatic heterocycles. The van der Waals surface area contributed by atoms with Crippen LogP contribution in [0.3, 0.4) is 0 Å². The highest BCUT2D eigenvalue weighted by Crippen LogP contribution is 2.33. The Balaban J connectivity index is 2.23. The Hall–Kier alpha value is -0.860. The fraction of sp³-hybridized carbons (Fsp3) is 0.818. The van der Waals surface area contributed by atoms with Gasteiger partial charge in [-0.2, -0.15) is 0 Å². The van der Waals surface area contributed by atoms with E-state index in [1.54, 1.807) is 19.0 Å². The topological polar surface area (TPSA) is 37.4 Å². The summed E-state index contributed by atoms with van der Waals surface area (Å²) in [6.07, 6.45) is 3.31. The smallest absolute Gasteiger partial charge is 0.222 e. The van der Waals surface area contributed by atoms with E-state index in [0.29, 0.717) is 24.5 Å². The molecule has 0 aromatic carbocycles. The van der Waals surface area contributed by atoms with Gasteiger partial charge >= 0.3 is 0 Å². The number of hydrogen-bond acceptors (Lipinski definition) is 2. The van der Waals surface area contributed by atoms with Crippen LogP contribution in [0.1, 0.15) is 32.6 Å². The van der Waals surface area contributed by atoms with Crippen LogP contribution in [0.25, 0.3) is 0 Å². The summed E-state index contributed by atoms with van der Waals surface area (Å²) in [6.45, 7) is 1.93. The maximum Gasteiger partial charge on any atom is 0.222 e. The molecule has 3 nitrogen and oxygen atoms in total. The van der Waals surface area contributed by atoms with Crippen LogP contribution in [-0.4, -0.2) is 30.7 Å². The van der Waals surface area contributed by atoms with E-state index in [1.807, 2.05) is 6.92 Å². The van der Waals surface area contributed by atoms with Gasteiger partial charge in [0.15, 0.2) is 0 Å². The van der Waals surface area contributed by atoms with Crippen LogP contribution in [-0.2, 0) is 9.59 Å². The van der Waals surface area contributed by atoms with E-state index < -0.39 is 0 Å². The van der Waals surface area contributed by atoms with Crippen LogP contribution in [0, 0.1) is 11.8 Å². The Bertz CT molecular complexity index is 231. The van der Waals surface area contributed by atoms with Crippen molar-refractivity contribution in [2.75, 3.05) is 14.1 Å². The van der Waals surface area contributed by atoms with E-state index in [9.17, 15) is 9.59 Å². The minimum absolute atomic E-state index is 0.0615. The lowest BCUT2D eigenvalue weighted by atomic mass is 9.97. The summed E-state index contributed by atoms with van der Waals surface area (Å²) in [5.74, 6) is 0.850. The number of hydrogen-bond donors (Lipinski definition) is 0. The molecule has 1 aliphatic rings. The number of carbonyl (C=O) groups is 2. The third-order valence-corrected chi connectivity index (χ3v) is 2.76. The third-order valence-electron chi connectivity index (χ3n) is 2.76. The van der Waals surface area contributed by atoms with Crippen molar-refractivity contribution in [1.82, 2.24) is 4.90 Å². The number of nitrogens with zero attached hydrogens (tertiary/aromatic N) is 1. The molecule has 80 valence electrons. The summed E-state index contributed by atoms with van der Waals surface area (Å²) >= 11 is 0. The summed E-state index contributed by atoms with van der Waals surface area (Å²) in [7, 11) is 3.49. The molecule has 0 saturated heterocycles. The van der Waals surface area contributed by atoms with Crippen LogP contribution < -0.4 is 0 Å². The molecular weight excluding hydrogens is 178 g/mol. The second kappa shape index (κ2) is 4.58. The van der Waals surface area contributed by atoms with E-state index in [0.717, 1.165) is 12.8 Å². The monoisotopic (exact) mass is 197 g/mol. The quantitative estimate of drug-likeness (QED) is 0.669. The first-order chi connectivity index (χ1) is 6.52. The zero-order valence-corrected chi connectivity index (χ0v) is 9.25. The second-order valence-electron chi connectivity index (χ2n) is 4.40. The largest absolute Gasteiger partial charge is 0.349 e. The predicted octanol–water partition coefficient (Wildman–Crippen LogP) is 1.47. The van der Waals surface area contributed by atoms with Crippen molar-refractivity contribution in [2.24, 2.45) is 11.8 Å². The molecule has 1 atom stereocenters. The van der Waals surface area contributed by atoms with Gasteiger partial charge in [-0.1, -0.05) is 6.92 Å². The van der Waals surface area contributed by atoms with Crippen molar-refractivity contribution in [3.63, 3.8) is 0 Å². The summed E-state index contributed by atoms with van der Waals surface area (Å²) in [6, 6.07) is 0. The van der Waals surface area contributed by atoms with Gasteiger partial charge in [-0.3, -0.25) is 9.59 Å².